The van der Waals surface area contributed by atoms with Gasteiger partial charge in [0.05, 0.1) is 11.9 Å². The number of hydrogen-bond acceptors (Lipinski definition) is 3. The summed E-state index contributed by atoms with van der Waals surface area (Å²) in [5.74, 6) is -0.561. The summed E-state index contributed by atoms with van der Waals surface area (Å²) >= 11 is 5.00. The number of aryl methyl sites for hydroxylation is 1. The number of thiocarbonyl (C=S) groups is 1. The van der Waals surface area contributed by atoms with Crippen LogP contribution in [0.5, 0.6) is 0 Å². The topological polar surface area (TPSA) is 85.0 Å². The number of aromatic nitrogens is 2. The first kappa shape index (κ1) is 12.2. The third kappa shape index (κ3) is 2.80. The van der Waals surface area contributed by atoms with Crippen LogP contribution in [0.1, 0.15) is 10.5 Å². The van der Waals surface area contributed by atoms with Crippen LogP contribution in [0.15, 0.2) is 18.9 Å². The minimum atomic E-state index is -0.561. The van der Waals surface area contributed by atoms with Gasteiger partial charge in [-0.15, -0.1) is 6.58 Å². The second-order valence-corrected chi connectivity index (χ2v) is 3.43. The lowest BCUT2D eigenvalue weighted by Gasteiger charge is -2.08. The van der Waals surface area contributed by atoms with Crippen LogP contribution >= 0.6 is 12.2 Å². The zero-order valence-corrected chi connectivity index (χ0v) is 9.67. The Morgan fingerprint density at radius 3 is 3.06 bits per heavy atom. The number of nitrogens with two attached hydrogens (primary N) is 1. The van der Waals surface area contributed by atoms with Crippen LogP contribution in [0.25, 0.3) is 0 Å². The fourth-order valence-electron chi connectivity index (χ4n) is 1.15. The highest BCUT2D eigenvalue weighted by Gasteiger charge is 2.14. The Balaban J connectivity index is 2.77. The molecular formula is C9H13N5OS. The van der Waals surface area contributed by atoms with E-state index in [0.717, 1.165) is 0 Å². The molecule has 0 aromatic carbocycles. The van der Waals surface area contributed by atoms with Crippen molar-refractivity contribution in [2.24, 2.45) is 12.8 Å². The van der Waals surface area contributed by atoms with Gasteiger partial charge in [-0.3, -0.25) is 9.48 Å². The zero-order chi connectivity index (χ0) is 12.1. The molecule has 0 bridgehead atoms. The smallest absolute Gasteiger partial charge is 0.269 e. The molecule has 0 radical (unpaired) electrons. The van der Waals surface area contributed by atoms with Crippen LogP contribution in [-0.2, 0) is 7.05 Å². The van der Waals surface area contributed by atoms with Crippen molar-refractivity contribution in [3.8, 4) is 0 Å². The minimum Gasteiger partial charge on any atom is -0.364 e. The first-order valence-electron chi connectivity index (χ1n) is 4.53. The normalized spacial score (nSPS) is 9.56. The summed E-state index contributed by atoms with van der Waals surface area (Å²) < 4.78 is 1.39. The number of rotatable bonds is 4. The van der Waals surface area contributed by atoms with Crippen LogP contribution in [0.3, 0.4) is 0 Å². The molecule has 4 N–H and O–H groups in total. The van der Waals surface area contributed by atoms with Crippen LogP contribution in [-0.4, -0.2) is 27.3 Å². The Hall–Kier alpha value is -1.89. The number of hydrogen-bond donors (Lipinski definition) is 3. The van der Waals surface area contributed by atoms with Crippen LogP contribution in [0.4, 0.5) is 5.69 Å². The molecule has 1 rings (SSSR count). The number of anilines is 1. The largest absolute Gasteiger partial charge is 0.364 e. The number of nitrogens with zero attached hydrogens (tertiary/aromatic N) is 2. The fourth-order valence-corrected chi connectivity index (χ4v) is 1.35. The van der Waals surface area contributed by atoms with Crippen LogP contribution in [0, 0.1) is 0 Å². The number of carbonyl (C=O) groups is 1. The van der Waals surface area contributed by atoms with Gasteiger partial charge in [0.1, 0.15) is 5.69 Å². The summed E-state index contributed by atoms with van der Waals surface area (Å²) in [4.78, 5) is 11.1. The number of primary amides is 1. The maximum atomic E-state index is 11.1. The average molecular weight is 239 g/mol. The van der Waals surface area contributed by atoms with Gasteiger partial charge in [0.25, 0.3) is 5.91 Å². The quantitative estimate of drug-likeness (QED) is 0.508. The van der Waals surface area contributed by atoms with E-state index in [1.807, 2.05) is 0 Å². The highest BCUT2D eigenvalue weighted by atomic mass is 32.1. The molecule has 0 aliphatic carbocycles. The Morgan fingerprint density at radius 1 is 1.81 bits per heavy atom. The zero-order valence-electron chi connectivity index (χ0n) is 8.86. The lowest BCUT2D eigenvalue weighted by Crippen LogP contribution is -2.29. The molecule has 16 heavy (non-hydrogen) atoms. The second-order valence-electron chi connectivity index (χ2n) is 3.02. The van der Waals surface area contributed by atoms with E-state index in [4.69, 9.17) is 18.0 Å². The van der Waals surface area contributed by atoms with Gasteiger partial charge in [0.15, 0.2) is 5.11 Å². The summed E-state index contributed by atoms with van der Waals surface area (Å²) in [5.41, 5.74) is 5.98. The summed E-state index contributed by atoms with van der Waals surface area (Å²) in [6.07, 6.45) is 3.16. The summed E-state index contributed by atoms with van der Waals surface area (Å²) in [5, 5.41) is 10.0. The minimum absolute atomic E-state index is 0.280. The standard InChI is InChI=1S/C9H13N5OS/c1-3-4-11-9(16)13-6-5-12-14(2)7(6)8(10)15/h3,5H,1,4H2,2H3,(H2,10,15)(H2,11,13,16). The number of nitrogens with one attached hydrogen (secondary N) is 2. The summed E-state index contributed by atoms with van der Waals surface area (Å²) in [6.45, 7) is 4.09. The van der Waals surface area contributed by atoms with Crippen molar-refractivity contribution in [2.45, 2.75) is 0 Å². The van der Waals surface area contributed by atoms with Crippen LogP contribution < -0.4 is 16.4 Å². The molecular weight excluding hydrogens is 226 g/mol. The Morgan fingerprint density at radius 2 is 2.50 bits per heavy atom. The molecule has 0 fully saturated rings. The number of carbonyl (C=O) groups excluding carboxylic acids is 1. The van der Waals surface area contributed by atoms with Gasteiger partial charge in [-0.1, -0.05) is 6.08 Å². The molecule has 7 heteroatoms. The molecule has 1 aromatic rings. The third-order valence-corrected chi connectivity index (χ3v) is 2.07. The molecule has 6 nitrogen and oxygen atoms in total. The van der Waals surface area contributed by atoms with Gasteiger partial charge in [0.2, 0.25) is 0 Å². The monoisotopic (exact) mass is 239 g/mol. The van der Waals surface area contributed by atoms with E-state index in [0.29, 0.717) is 17.3 Å². The predicted molar refractivity (Wildman–Crippen MR) is 66.1 cm³/mol. The van der Waals surface area contributed by atoms with Crippen molar-refractivity contribution in [3.63, 3.8) is 0 Å². The molecule has 0 saturated heterocycles. The summed E-state index contributed by atoms with van der Waals surface area (Å²) in [7, 11) is 1.63. The van der Waals surface area contributed by atoms with Gasteiger partial charge in [0, 0.05) is 13.6 Å². The van der Waals surface area contributed by atoms with Crippen molar-refractivity contribution in [3.05, 3.63) is 24.5 Å². The van der Waals surface area contributed by atoms with Gasteiger partial charge < -0.3 is 16.4 Å². The van der Waals surface area contributed by atoms with Crippen molar-refractivity contribution >= 4 is 28.9 Å². The maximum Gasteiger partial charge on any atom is 0.269 e. The second kappa shape index (κ2) is 5.26. The number of amides is 1. The van der Waals surface area contributed by atoms with E-state index < -0.39 is 5.91 Å². The molecule has 0 saturated carbocycles. The first-order chi connectivity index (χ1) is 7.56. The predicted octanol–water partition coefficient (Wildman–Crippen LogP) is -0.00860. The highest BCUT2D eigenvalue weighted by molar-refractivity contribution is 7.80. The average Bonchev–Trinajstić information content (AvgIpc) is 2.56. The van der Waals surface area contributed by atoms with E-state index in [2.05, 4.69) is 22.3 Å². The van der Waals surface area contributed by atoms with Gasteiger partial charge >= 0.3 is 0 Å². The summed E-state index contributed by atoms with van der Waals surface area (Å²) in [6, 6.07) is 0. The third-order valence-electron chi connectivity index (χ3n) is 1.83. The van der Waals surface area contributed by atoms with E-state index in [-0.39, 0.29) is 5.69 Å². The van der Waals surface area contributed by atoms with Crippen molar-refractivity contribution < 1.29 is 4.79 Å². The Kier molecular flexibility index (Phi) is 4.01. The van der Waals surface area contributed by atoms with E-state index in [1.165, 1.54) is 10.9 Å². The lowest BCUT2D eigenvalue weighted by atomic mass is 10.3. The first-order valence-corrected chi connectivity index (χ1v) is 4.94. The molecule has 0 aliphatic heterocycles. The van der Waals surface area contributed by atoms with Gasteiger partial charge in [-0.25, -0.2) is 0 Å². The fraction of sp³-hybridized carbons (Fsp3) is 0.222. The molecule has 1 amide bonds. The molecule has 86 valence electrons. The van der Waals surface area contributed by atoms with Crippen LogP contribution in [0.2, 0.25) is 0 Å². The lowest BCUT2D eigenvalue weighted by molar-refractivity contribution is 0.0992. The molecule has 1 heterocycles. The Bertz CT molecular complexity index is 426. The SMILES string of the molecule is C=CCNC(=S)Nc1cnn(C)c1C(N)=O. The molecule has 0 aliphatic rings. The highest BCUT2D eigenvalue weighted by Crippen LogP contribution is 2.12. The van der Waals surface area contributed by atoms with Gasteiger partial charge in [-0.05, 0) is 12.2 Å². The van der Waals surface area contributed by atoms with Gasteiger partial charge in [-0.2, -0.15) is 5.10 Å². The van der Waals surface area contributed by atoms with E-state index in [1.54, 1.807) is 13.1 Å². The van der Waals surface area contributed by atoms with E-state index >= 15 is 0 Å². The van der Waals surface area contributed by atoms with Crippen molar-refractivity contribution in [2.75, 3.05) is 11.9 Å². The molecule has 0 spiro atoms. The van der Waals surface area contributed by atoms with E-state index in [9.17, 15) is 4.79 Å². The molecule has 0 unspecified atom stereocenters. The Labute approximate surface area is 98.5 Å². The van der Waals surface area contributed by atoms with Crippen molar-refractivity contribution in [1.82, 2.24) is 15.1 Å². The molecule has 0 atom stereocenters. The van der Waals surface area contributed by atoms with Crippen molar-refractivity contribution in [1.29, 1.82) is 0 Å². The maximum absolute atomic E-state index is 11.1. The molecule has 1 aromatic heterocycles.